The summed E-state index contributed by atoms with van der Waals surface area (Å²) >= 11 is 0. The van der Waals surface area contributed by atoms with Gasteiger partial charge >= 0.3 is 6.01 Å². The molecule has 1 nitrogen and oxygen atoms in total. The summed E-state index contributed by atoms with van der Waals surface area (Å²) in [5.41, 5.74) is 0. The van der Waals surface area contributed by atoms with E-state index in [4.69, 9.17) is 0 Å². The fraction of sp³-hybridized carbons (Fsp3) is 0. The lowest BCUT2D eigenvalue weighted by atomic mass is 10.6. The van der Waals surface area contributed by atoms with Gasteiger partial charge < -0.3 is 4.42 Å². The quantitative estimate of drug-likeness (QED) is 0.506. The number of hydrogen-bond acceptors (Lipinski definition) is 1. The smallest absolute Gasteiger partial charge is 0.318 e. The summed E-state index contributed by atoms with van der Waals surface area (Å²) in [7, 11) is 0. The minimum atomic E-state index is -1.62. The van der Waals surface area contributed by atoms with Gasteiger partial charge in [-0.25, -0.2) is 0 Å². The van der Waals surface area contributed by atoms with Gasteiger partial charge in [-0.3, -0.25) is 0 Å². The Bertz CT molecular complexity index is 174. The van der Waals surface area contributed by atoms with Gasteiger partial charge in [0.1, 0.15) is 0 Å². The Morgan fingerprint density at radius 3 is 2.00 bits per heavy atom. The SMILES string of the molecule is Fc1[c]oc(F)c1F. The second kappa shape index (κ2) is 1.54. The highest BCUT2D eigenvalue weighted by atomic mass is 19.2. The molecule has 1 aromatic rings. The molecule has 4 heteroatoms. The second-order valence-corrected chi connectivity index (χ2v) is 1.11. The lowest BCUT2D eigenvalue weighted by Crippen LogP contribution is -1.75. The Kier molecular flexibility index (Phi) is 1.00. The molecular weight excluding hydrogens is 121 g/mol. The molecule has 43 valence electrons. The van der Waals surface area contributed by atoms with E-state index in [-0.39, 0.29) is 0 Å². The average Bonchev–Trinajstić information content (AvgIpc) is 1.98. The summed E-state index contributed by atoms with van der Waals surface area (Å²) in [5.74, 6) is -3.05. The van der Waals surface area contributed by atoms with Crippen LogP contribution in [-0.2, 0) is 0 Å². The molecular formula is C4F3O. The molecule has 0 atom stereocenters. The Hall–Kier alpha value is -0.930. The van der Waals surface area contributed by atoms with Gasteiger partial charge in [0, 0.05) is 0 Å². The van der Waals surface area contributed by atoms with E-state index in [0.717, 1.165) is 0 Å². The van der Waals surface area contributed by atoms with Gasteiger partial charge in [0.25, 0.3) is 0 Å². The molecule has 0 unspecified atom stereocenters. The first kappa shape index (κ1) is 5.21. The molecule has 0 N–H and O–H groups in total. The first-order chi connectivity index (χ1) is 3.72. The number of hydrogen-bond donors (Lipinski definition) is 0. The van der Waals surface area contributed by atoms with Crippen LogP contribution in [0.3, 0.4) is 0 Å². The van der Waals surface area contributed by atoms with E-state index >= 15 is 0 Å². The minimum Gasteiger partial charge on any atom is -0.422 e. The van der Waals surface area contributed by atoms with Gasteiger partial charge in [-0.05, 0) is 0 Å². The van der Waals surface area contributed by atoms with Crippen molar-refractivity contribution >= 4 is 0 Å². The maximum absolute atomic E-state index is 11.6. The van der Waals surface area contributed by atoms with Crippen molar-refractivity contribution < 1.29 is 17.6 Å². The van der Waals surface area contributed by atoms with E-state index in [1.807, 2.05) is 0 Å². The molecule has 0 saturated heterocycles. The van der Waals surface area contributed by atoms with E-state index in [2.05, 4.69) is 4.42 Å². The fourth-order valence-electron chi connectivity index (χ4n) is 0.265. The molecule has 0 fully saturated rings. The van der Waals surface area contributed by atoms with Crippen LogP contribution < -0.4 is 0 Å². The van der Waals surface area contributed by atoms with Crippen molar-refractivity contribution in [3.63, 3.8) is 0 Å². The summed E-state index contributed by atoms with van der Waals surface area (Å²) in [6.45, 7) is 0. The van der Waals surface area contributed by atoms with Gasteiger partial charge in [0.05, 0.1) is 0 Å². The third-order valence-corrected chi connectivity index (χ3v) is 0.596. The monoisotopic (exact) mass is 121 g/mol. The van der Waals surface area contributed by atoms with Gasteiger partial charge in [0.2, 0.25) is 17.9 Å². The molecule has 1 heterocycles. The Labute approximate surface area is 42.7 Å². The van der Waals surface area contributed by atoms with Crippen molar-refractivity contribution in [1.29, 1.82) is 0 Å². The van der Waals surface area contributed by atoms with Crippen molar-refractivity contribution in [1.82, 2.24) is 0 Å². The molecule has 1 radical (unpaired) electrons. The van der Waals surface area contributed by atoms with Crippen LogP contribution in [-0.4, -0.2) is 0 Å². The van der Waals surface area contributed by atoms with E-state index in [0.29, 0.717) is 0 Å². The molecule has 0 aliphatic rings. The molecule has 8 heavy (non-hydrogen) atoms. The van der Waals surface area contributed by atoms with Crippen molar-refractivity contribution in [3.05, 3.63) is 23.9 Å². The number of halogens is 3. The van der Waals surface area contributed by atoms with E-state index < -0.39 is 17.6 Å². The Morgan fingerprint density at radius 2 is 1.88 bits per heavy atom. The zero-order chi connectivity index (χ0) is 6.15. The molecule has 1 aromatic heterocycles. The first-order valence-electron chi connectivity index (χ1n) is 1.73. The van der Waals surface area contributed by atoms with Crippen molar-refractivity contribution in [2.75, 3.05) is 0 Å². The predicted octanol–water partition coefficient (Wildman–Crippen LogP) is 1.50. The van der Waals surface area contributed by atoms with Crippen LogP contribution in [0.15, 0.2) is 4.42 Å². The molecule has 0 aliphatic carbocycles. The van der Waals surface area contributed by atoms with E-state index in [1.165, 1.54) is 6.26 Å². The van der Waals surface area contributed by atoms with Crippen LogP contribution in [0, 0.1) is 23.9 Å². The molecule has 0 amide bonds. The largest absolute Gasteiger partial charge is 0.422 e. The molecule has 0 aromatic carbocycles. The number of rotatable bonds is 0. The Balaban J connectivity index is 3.19. The van der Waals surface area contributed by atoms with Crippen LogP contribution in [0.2, 0.25) is 0 Å². The lowest BCUT2D eigenvalue weighted by molar-refractivity contribution is 0.323. The maximum atomic E-state index is 11.6. The summed E-state index contributed by atoms with van der Waals surface area (Å²) in [4.78, 5) is 0. The second-order valence-electron chi connectivity index (χ2n) is 1.11. The van der Waals surface area contributed by atoms with E-state index in [9.17, 15) is 13.2 Å². The fourth-order valence-corrected chi connectivity index (χ4v) is 0.265. The molecule has 0 saturated carbocycles. The zero-order valence-electron chi connectivity index (χ0n) is 3.54. The topological polar surface area (TPSA) is 13.1 Å². The lowest BCUT2D eigenvalue weighted by Gasteiger charge is -1.71. The average molecular weight is 121 g/mol. The molecule has 0 spiro atoms. The summed E-state index contributed by atoms with van der Waals surface area (Å²) in [5, 5.41) is 0. The number of furan rings is 1. The minimum absolute atomic E-state index is 1.34. The standard InChI is InChI=1S/C4F3O/c5-2-1-8-4(7)3(2)6. The van der Waals surface area contributed by atoms with Crippen LogP contribution in [0.4, 0.5) is 13.2 Å². The normalized spacial score (nSPS) is 9.88. The van der Waals surface area contributed by atoms with Crippen LogP contribution in [0.25, 0.3) is 0 Å². The van der Waals surface area contributed by atoms with Crippen molar-refractivity contribution in [2.24, 2.45) is 0 Å². The molecule has 1 rings (SSSR count). The molecule has 0 aliphatic heterocycles. The van der Waals surface area contributed by atoms with Crippen molar-refractivity contribution in [3.8, 4) is 0 Å². The maximum Gasteiger partial charge on any atom is 0.318 e. The summed E-state index contributed by atoms with van der Waals surface area (Å²) in [6, 6.07) is -1.57. The van der Waals surface area contributed by atoms with Crippen LogP contribution >= 0.6 is 0 Å². The third kappa shape index (κ3) is 0.576. The van der Waals surface area contributed by atoms with E-state index in [1.54, 1.807) is 0 Å². The van der Waals surface area contributed by atoms with Gasteiger partial charge in [0.15, 0.2) is 0 Å². The van der Waals surface area contributed by atoms with Crippen LogP contribution in [0.5, 0.6) is 0 Å². The van der Waals surface area contributed by atoms with Gasteiger partial charge in [-0.2, -0.15) is 13.2 Å². The summed E-state index contributed by atoms with van der Waals surface area (Å²) in [6.07, 6.45) is 1.34. The predicted molar refractivity (Wildman–Crippen MR) is 17.4 cm³/mol. The van der Waals surface area contributed by atoms with Gasteiger partial charge in [-0.1, -0.05) is 0 Å². The van der Waals surface area contributed by atoms with Crippen LogP contribution in [0.1, 0.15) is 0 Å². The Morgan fingerprint density at radius 1 is 1.25 bits per heavy atom. The third-order valence-electron chi connectivity index (χ3n) is 0.596. The first-order valence-corrected chi connectivity index (χ1v) is 1.73. The highest BCUT2D eigenvalue weighted by molar-refractivity contribution is 4.91. The zero-order valence-corrected chi connectivity index (χ0v) is 3.54. The van der Waals surface area contributed by atoms with Crippen molar-refractivity contribution in [2.45, 2.75) is 0 Å². The summed E-state index contributed by atoms with van der Waals surface area (Å²) < 4.78 is 38.3. The highest BCUT2D eigenvalue weighted by Crippen LogP contribution is 2.09. The molecule has 0 bridgehead atoms. The van der Waals surface area contributed by atoms with Gasteiger partial charge in [-0.15, -0.1) is 0 Å². The highest BCUT2D eigenvalue weighted by Gasteiger charge is 2.12.